The van der Waals surface area contributed by atoms with Crippen LogP contribution in [0.1, 0.15) is 20.3 Å². The van der Waals surface area contributed by atoms with Gasteiger partial charge in [-0.05, 0) is 13.0 Å². The lowest BCUT2D eigenvalue weighted by atomic mass is 10.5. The highest BCUT2D eigenvalue weighted by Crippen LogP contribution is 1.71. The van der Waals surface area contributed by atoms with Crippen LogP contribution in [0.4, 0.5) is 0 Å². The van der Waals surface area contributed by atoms with Gasteiger partial charge in [-0.1, -0.05) is 6.92 Å². The van der Waals surface area contributed by atoms with Crippen LogP contribution < -0.4 is 5.32 Å². The average molecular weight is 191 g/mol. The predicted octanol–water partition coefficient (Wildman–Crippen LogP) is 0.250. The number of nitrogens with one attached hydrogen (secondary N) is 1. The molecule has 0 saturated carbocycles. The Bertz CT molecular complexity index is 143. The van der Waals surface area contributed by atoms with E-state index in [4.69, 9.17) is 9.90 Å². The van der Waals surface area contributed by atoms with Gasteiger partial charge in [0.05, 0.1) is 13.7 Å². The lowest BCUT2D eigenvalue weighted by molar-refractivity contribution is -0.139. The SMILES string of the molecule is CC(=O)O.CCCNCC(=O)OC. The van der Waals surface area contributed by atoms with E-state index in [2.05, 4.69) is 10.1 Å². The van der Waals surface area contributed by atoms with E-state index < -0.39 is 5.97 Å². The smallest absolute Gasteiger partial charge is 0.319 e. The Labute approximate surface area is 78.1 Å². The Kier molecular flexibility index (Phi) is 12.1. The molecule has 0 aliphatic carbocycles. The van der Waals surface area contributed by atoms with Crippen LogP contribution >= 0.6 is 0 Å². The maximum absolute atomic E-state index is 10.4. The predicted molar refractivity (Wildman–Crippen MR) is 48.5 cm³/mol. The maximum atomic E-state index is 10.4. The first-order chi connectivity index (χ1) is 6.04. The summed E-state index contributed by atoms with van der Waals surface area (Å²) in [6, 6.07) is 0. The number of ether oxygens (including phenoxy) is 1. The monoisotopic (exact) mass is 191 g/mol. The van der Waals surface area contributed by atoms with Gasteiger partial charge in [0.1, 0.15) is 0 Å². The largest absolute Gasteiger partial charge is 0.481 e. The van der Waals surface area contributed by atoms with Crippen LogP contribution in [0.25, 0.3) is 0 Å². The Hall–Kier alpha value is -1.10. The molecule has 0 aliphatic heterocycles. The van der Waals surface area contributed by atoms with E-state index in [1.807, 2.05) is 6.92 Å². The van der Waals surface area contributed by atoms with Gasteiger partial charge in [-0.25, -0.2) is 0 Å². The molecule has 0 rings (SSSR count). The van der Waals surface area contributed by atoms with E-state index in [0.29, 0.717) is 6.54 Å². The molecule has 5 nitrogen and oxygen atoms in total. The topological polar surface area (TPSA) is 75.6 Å². The minimum Gasteiger partial charge on any atom is -0.481 e. The summed E-state index contributed by atoms with van der Waals surface area (Å²) in [5, 5.41) is 10.3. The van der Waals surface area contributed by atoms with E-state index in [1.54, 1.807) is 0 Å². The van der Waals surface area contributed by atoms with Gasteiger partial charge >= 0.3 is 5.97 Å². The molecule has 5 heteroatoms. The van der Waals surface area contributed by atoms with Crippen molar-refractivity contribution >= 4 is 11.9 Å². The number of methoxy groups -OCH3 is 1. The van der Waals surface area contributed by atoms with Gasteiger partial charge in [-0.3, -0.25) is 9.59 Å². The number of rotatable bonds is 4. The van der Waals surface area contributed by atoms with E-state index in [9.17, 15) is 4.79 Å². The highest BCUT2D eigenvalue weighted by atomic mass is 16.5. The third-order valence-corrected chi connectivity index (χ3v) is 0.924. The quantitative estimate of drug-likeness (QED) is 0.492. The summed E-state index contributed by atoms with van der Waals surface area (Å²) in [7, 11) is 1.38. The third-order valence-electron chi connectivity index (χ3n) is 0.924. The zero-order chi connectivity index (χ0) is 10.7. The molecule has 78 valence electrons. The Morgan fingerprint density at radius 1 is 1.46 bits per heavy atom. The van der Waals surface area contributed by atoms with Crippen LogP contribution in [0.15, 0.2) is 0 Å². The lowest BCUT2D eigenvalue weighted by Crippen LogP contribution is -2.24. The summed E-state index contributed by atoms with van der Waals surface area (Å²) < 4.78 is 4.40. The number of hydrogen-bond donors (Lipinski definition) is 2. The van der Waals surface area contributed by atoms with Crippen molar-refractivity contribution in [3.05, 3.63) is 0 Å². The van der Waals surface area contributed by atoms with Gasteiger partial charge in [-0.2, -0.15) is 0 Å². The molecule has 0 radical (unpaired) electrons. The van der Waals surface area contributed by atoms with Gasteiger partial charge in [-0.15, -0.1) is 0 Å². The number of carboxylic acid groups (broad SMARTS) is 1. The van der Waals surface area contributed by atoms with Crippen molar-refractivity contribution in [3.8, 4) is 0 Å². The fraction of sp³-hybridized carbons (Fsp3) is 0.750. The first kappa shape index (κ1) is 14.4. The van der Waals surface area contributed by atoms with E-state index >= 15 is 0 Å². The van der Waals surface area contributed by atoms with Gasteiger partial charge in [0.15, 0.2) is 0 Å². The zero-order valence-corrected chi connectivity index (χ0v) is 8.29. The molecule has 0 aromatic rings. The summed E-state index contributed by atoms with van der Waals surface area (Å²) in [5.41, 5.74) is 0. The Balaban J connectivity index is 0. The van der Waals surface area contributed by atoms with Crippen LogP contribution in [0.2, 0.25) is 0 Å². The number of carbonyl (C=O) groups is 2. The second-order valence-electron chi connectivity index (χ2n) is 2.27. The van der Waals surface area contributed by atoms with Crippen LogP contribution in [-0.2, 0) is 14.3 Å². The van der Waals surface area contributed by atoms with Crippen molar-refractivity contribution in [3.63, 3.8) is 0 Å². The normalized spacial score (nSPS) is 8.23. The molecule has 0 aromatic carbocycles. The molecule has 0 atom stereocenters. The first-order valence-corrected chi connectivity index (χ1v) is 4.01. The van der Waals surface area contributed by atoms with Crippen molar-refractivity contribution in [1.82, 2.24) is 5.32 Å². The molecular weight excluding hydrogens is 174 g/mol. The maximum Gasteiger partial charge on any atom is 0.319 e. The zero-order valence-electron chi connectivity index (χ0n) is 8.29. The standard InChI is InChI=1S/C6H13NO2.C2H4O2/c1-3-4-7-5-6(8)9-2;1-2(3)4/h7H,3-5H2,1-2H3;1H3,(H,3,4). The number of esters is 1. The summed E-state index contributed by atoms with van der Waals surface area (Å²) in [4.78, 5) is 19.4. The molecule has 0 unspecified atom stereocenters. The van der Waals surface area contributed by atoms with Crippen molar-refractivity contribution in [2.75, 3.05) is 20.2 Å². The van der Waals surface area contributed by atoms with Gasteiger partial charge < -0.3 is 15.2 Å². The first-order valence-electron chi connectivity index (χ1n) is 4.01. The molecule has 0 heterocycles. The molecule has 0 aliphatic rings. The molecule has 13 heavy (non-hydrogen) atoms. The van der Waals surface area contributed by atoms with Crippen LogP contribution in [0.5, 0.6) is 0 Å². The van der Waals surface area contributed by atoms with Gasteiger partial charge in [0.2, 0.25) is 0 Å². The average Bonchev–Trinajstić information content (AvgIpc) is 2.03. The van der Waals surface area contributed by atoms with Crippen molar-refractivity contribution in [2.45, 2.75) is 20.3 Å². The highest BCUT2D eigenvalue weighted by Gasteiger charge is 1.95. The minimum absolute atomic E-state index is 0.205. The summed E-state index contributed by atoms with van der Waals surface area (Å²) in [5.74, 6) is -1.04. The van der Waals surface area contributed by atoms with Crippen molar-refractivity contribution in [2.24, 2.45) is 0 Å². The summed E-state index contributed by atoms with van der Waals surface area (Å²) in [6.07, 6.45) is 1.04. The molecule has 0 fully saturated rings. The number of aliphatic carboxylic acids is 1. The summed E-state index contributed by atoms with van der Waals surface area (Å²) in [6.45, 7) is 4.32. The van der Waals surface area contributed by atoms with Crippen molar-refractivity contribution < 1.29 is 19.4 Å². The Morgan fingerprint density at radius 3 is 2.23 bits per heavy atom. The van der Waals surface area contributed by atoms with E-state index in [0.717, 1.165) is 19.9 Å². The van der Waals surface area contributed by atoms with Crippen LogP contribution in [0, 0.1) is 0 Å². The molecular formula is C8H17NO4. The minimum atomic E-state index is -0.833. The van der Waals surface area contributed by atoms with Crippen LogP contribution in [0.3, 0.4) is 0 Å². The second-order valence-corrected chi connectivity index (χ2v) is 2.27. The molecule has 2 N–H and O–H groups in total. The fourth-order valence-electron chi connectivity index (χ4n) is 0.439. The molecule has 0 saturated heterocycles. The van der Waals surface area contributed by atoms with Gasteiger partial charge in [0.25, 0.3) is 5.97 Å². The molecule has 0 amide bonds. The fourth-order valence-corrected chi connectivity index (χ4v) is 0.439. The number of carboxylic acids is 1. The lowest BCUT2D eigenvalue weighted by Gasteiger charge is -1.98. The highest BCUT2D eigenvalue weighted by molar-refractivity contribution is 5.71. The Morgan fingerprint density at radius 2 is 1.92 bits per heavy atom. The molecule has 0 spiro atoms. The van der Waals surface area contributed by atoms with E-state index in [-0.39, 0.29) is 5.97 Å². The number of carbonyl (C=O) groups excluding carboxylic acids is 1. The van der Waals surface area contributed by atoms with Gasteiger partial charge in [0, 0.05) is 6.92 Å². The molecule has 0 aromatic heterocycles. The van der Waals surface area contributed by atoms with E-state index in [1.165, 1.54) is 7.11 Å². The van der Waals surface area contributed by atoms with Crippen molar-refractivity contribution in [1.29, 1.82) is 0 Å². The summed E-state index contributed by atoms with van der Waals surface area (Å²) >= 11 is 0. The number of hydrogen-bond acceptors (Lipinski definition) is 4. The third kappa shape index (κ3) is 24.8. The second kappa shape index (κ2) is 10.9. The molecule has 0 bridgehead atoms. The van der Waals surface area contributed by atoms with Crippen LogP contribution in [-0.4, -0.2) is 37.2 Å².